The van der Waals surface area contributed by atoms with E-state index in [2.05, 4.69) is 0 Å². The van der Waals surface area contributed by atoms with Crippen molar-refractivity contribution in [3.8, 4) is 11.1 Å². The van der Waals surface area contributed by atoms with Crippen molar-refractivity contribution in [2.75, 3.05) is 0 Å². The summed E-state index contributed by atoms with van der Waals surface area (Å²) in [6.07, 6.45) is 0.00715. The van der Waals surface area contributed by atoms with Gasteiger partial charge >= 0.3 is 5.97 Å². The highest BCUT2D eigenvalue weighted by Gasteiger charge is 2.08. The molecule has 3 nitrogen and oxygen atoms in total. The van der Waals surface area contributed by atoms with Crippen LogP contribution in [0.3, 0.4) is 0 Å². The molecule has 3 N–H and O–H groups in total. The molecule has 0 aliphatic carbocycles. The Morgan fingerprint density at radius 1 is 1.00 bits per heavy atom. The molecule has 0 atom stereocenters. The van der Waals surface area contributed by atoms with E-state index in [9.17, 15) is 4.79 Å². The smallest absolute Gasteiger partial charge is 0.307 e. The van der Waals surface area contributed by atoms with E-state index in [4.69, 9.17) is 10.8 Å². The lowest BCUT2D eigenvalue weighted by atomic mass is 9.97. The first-order valence-electron chi connectivity index (χ1n) is 5.80. The van der Waals surface area contributed by atoms with Crippen molar-refractivity contribution >= 4 is 5.97 Å². The summed E-state index contributed by atoms with van der Waals surface area (Å²) in [4.78, 5) is 10.8. The zero-order valence-electron chi connectivity index (χ0n) is 9.97. The first-order valence-corrected chi connectivity index (χ1v) is 5.80. The number of hydrogen-bond donors (Lipinski definition) is 2. The van der Waals surface area contributed by atoms with E-state index in [-0.39, 0.29) is 6.42 Å². The Labute approximate surface area is 106 Å². The van der Waals surface area contributed by atoms with Gasteiger partial charge in [-0.1, -0.05) is 48.5 Å². The van der Waals surface area contributed by atoms with Crippen LogP contribution in [0, 0.1) is 0 Å². The molecule has 0 aliphatic heterocycles. The van der Waals surface area contributed by atoms with Crippen molar-refractivity contribution in [1.29, 1.82) is 0 Å². The molecular weight excluding hydrogens is 226 g/mol. The van der Waals surface area contributed by atoms with Crippen LogP contribution in [0.5, 0.6) is 0 Å². The summed E-state index contributed by atoms with van der Waals surface area (Å²) in [6, 6.07) is 15.7. The zero-order chi connectivity index (χ0) is 13.0. The minimum absolute atomic E-state index is 0.00715. The average molecular weight is 241 g/mol. The number of nitrogens with two attached hydrogens (primary N) is 1. The number of carboxylic acid groups (broad SMARTS) is 1. The Balaban J connectivity index is 2.42. The Kier molecular flexibility index (Phi) is 3.75. The molecule has 0 unspecified atom stereocenters. The van der Waals surface area contributed by atoms with E-state index in [0.717, 1.165) is 22.3 Å². The largest absolute Gasteiger partial charge is 0.481 e. The summed E-state index contributed by atoms with van der Waals surface area (Å²) < 4.78 is 0. The summed E-state index contributed by atoms with van der Waals surface area (Å²) >= 11 is 0. The second kappa shape index (κ2) is 5.47. The van der Waals surface area contributed by atoms with Crippen LogP contribution < -0.4 is 5.73 Å². The molecule has 0 aromatic heterocycles. The maximum Gasteiger partial charge on any atom is 0.307 e. The molecular formula is C15H15NO2. The third kappa shape index (κ3) is 2.76. The van der Waals surface area contributed by atoms with Gasteiger partial charge in [-0.3, -0.25) is 4.79 Å². The van der Waals surface area contributed by atoms with Crippen LogP contribution in [-0.4, -0.2) is 11.1 Å². The first kappa shape index (κ1) is 12.3. The normalized spacial score (nSPS) is 10.3. The van der Waals surface area contributed by atoms with Crippen LogP contribution in [0.1, 0.15) is 11.1 Å². The summed E-state index contributed by atoms with van der Waals surface area (Å²) in [7, 11) is 0. The van der Waals surface area contributed by atoms with Gasteiger partial charge in [-0.2, -0.15) is 0 Å². The van der Waals surface area contributed by atoms with Gasteiger partial charge in [-0.25, -0.2) is 0 Å². The third-order valence-corrected chi connectivity index (χ3v) is 2.87. The Hall–Kier alpha value is -2.13. The van der Waals surface area contributed by atoms with Gasteiger partial charge in [0.15, 0.2) is 0 Å². The number of carboxylic acids is 1. The number of hydrogen-bond acceptors (Lipinski definition) is 2. The van der Waals surface area contributed by atoms with Crippen LogP contribution in [0.2, 0.25) is 0 Å². The van der Waals surface area contributed by atoms with Crippen molar-refractivity contribution in [1.82, 2.24) is 0 Å². The van der Waals surface area contributed by atoms with Crippen molar-refractivity contribution in [3.05, 3.63) is 59.7 Å². The zero-order valence-corrected chi connectivity index (χ0v) is 9.97. The lowest BCUT2D eigenvalue weighted by Gasteiger charge is -2.09. The summed E-state index contributed by atoms with van der Waals surface area (Å²) in [5, 5.41) is 8.91. The Bertz CT molecular complexity index is 550. The number of carbonyl (C=O) groups is 1. The maximum atomic E-state index is 10.8. The van der Waals surface area contributed by atoms with Crippen molar-refractivity contribution in [3.63, 3.8) is 0 Å². The van der Waals surface area contributed by atoms with Gasteiger partial charge in [0, 0.05) is 6.54 Å². The molecule has 2 rings (SSSR count). The van der Waals surface area contributed by atoms with Crippen LogP contribution in [0.4, 0.5) is 0 Å². The van der Waals surface area contributed by atoms with Gasteiger partial charge in [-0.15, -0.1) is 0 Å². The van der Waals surface area contributed by atoms with Gasteiger partial charge in [0.2, 0.25) is 0 Å². The molecule has 0 fully saturated rings. The lowest BCUT2D eigenvalue weighted by molar-refractivity contribution is -0.136. The van der Waals surface area contributed by atoms with Gasteiger partial charge in [-0.05, 0) is 22.3 Å². The second-order valence-corrected chi connectivity index (χ2v) is 4.12. The highest BCUT2D eigenvalue weighted by molar-refractivity contribution is 5.73. The average Bonchev–Trinajstić information content (AvgIpc) is 2.39. The number of benzene rings is 2. The SMILES string of the molecule is NCc1ccc(-c2ccccc2)cc1CC(=O)O. The Morgan fingerprint density at radius 2 is 1.72 bits per heavy atom. The molecule has 2 aromatic carbocycles. The minimum Gasteiger partial charge on any atom is -0.481 e. The van der Waals surface area contributed by atoms with Crippen molar-refractivity contribution in [2.24, 2.45) is 5.73 Å². The molecule has 0 spiro atoms. The van der Waals surface area contributed by atoms with Crippen molar-refractivity contribution < 1.29 is 9.90 Å². The molecule has 0 amide bonds. The molecule has 0 saturated heterocycles. The fourth-order valence-electron chi connectivity index (χ4n) is 1.96. The minimum atomic E-state index is -0.838. The van der Waals surface area contributed by atoms with E-state index in [1.54, 1.807) is 0 Å². The molecule has 0 radical (unpaired) electrons. The van der Waals surface area contributed by atoms with E-state index < -0.39 is 5.97 Å². The third-order valence-electron chi connectivity index (χ3n) is 2.87. The topological polar surface area (TPSA) is 63.3 Å². The molecule has 0 bridgehead atoms. The van der Waals surface area contributed by atoms with Gasteiger partial charge in [0.1, 0.15) is 0 Å². The molecule has 2 aromatic rings. The molecule has 0 aliphatic rings. The standard InChI is InChI=1S/C15H15NO2/c16-10-13-7-6-12(8-14(13)9-15(17)18)11-4-2-1-3-5-11/h1-8H,9-10,16H2,(H,17,18). The molecule has 18 heavy (non-hydrogen) atoms. The fourth-order valence-corrected chi connectivity index (χ4v) is 1.96. The highest BCUT2D eigenvalue weighted by atomic mass is 16.4. The van der Waals surface area contributed by atoms with Gasteiger partial charge < -0.3 is 10.8 Å². The van der Waals surface area contributed by atoms with Crippen LogP contribution >= 0.6 is 0 Å². The maximum absolute atomic E-state index is 10.8. The summed E-state index contributed by atoms with van der Waals surface area (Å²) in [6.45, 7) is 0.359. The number of rotatable bonds is 4. The van der Waals surface area contributed by atoms with Gasteiger partial charge in [0.25, 0.3) is 0 Å². The lowest BCUT2D eigenvalue weighted by Crippen LogP contribution is -2.07. The van der Waals surface area contributed by atoms with E-state index in [1.807, 2.05) is 48.5 Å². The second-order valence-electron chi connectivity index (χ2n) is 4.12. The highest BCUT2D eigenvalue weighted by Crippen LogP contribution is 2.22. The summed E-state index contributed by atoms with van der Waals surface area (Å²) in [5.41, 5.74) is 9.39. The Morgan fingerprint density at radius 3 is 2.33 bits per heavy atom. The first-order chi connectivity index (χ1) is 8.70. The van der Waals surface area contributed by atoms with Crippen LogP contribution in [-0.2, 0) is 17.8 Å². The summed E-state index contributed by atoms with van der Waals surface area (Å²) in [5.74, 6) is -0.838. The fraction of sp³-hybridized carbons (Fsp3) is 0.133. The van der Waals surface area contributed by atoms with E-state index >= 15 is 0 Å². The molecule has 0 heterocycles. The molecule has 92 valence electrons. The van der Waals surface area contributed by atoms with Crippen molar-refractivity contribution in [2.45, 2.75) is 13.0 Å². The van der Waals surface area contributed by atoms with Crippen LogP contribution in [0.25, 0.3) is 11.1 Å². The number of aliphatic carboxylic acids is 1. The predicted molar refractivity (Wildman–Crippen MR) is 71.1 cm³/mol. The quantitative estimate of drug-likeness (QED) is 0.864. The molecule has 0 saturated carbocycles. The molecule has 3 heteroatoms. The predicted octanol–water partition coefficient (Wildman–Crippen LogP) is 2.44. The van der Waals surface area contributed by atoms with Crippen LogP contribution in [0.15, 0.2) is 48.5 Å². The van der Waals surface area contributed by atoms with E-state index in [1.165, 1.54) is 0 Å². The monoisotopic (exact) mass is 241 g/mol. The van der Waals surface area contributed by atoms with Gasteiger partial charge in [0.05, 0.1) is 6.42 Å². The van der Waals surface area contributed by atoms with E-state index in [0.29, 0.717) is 6.54 Å².